The van der Waals surface area contributed by atoms with Crippen molar-refractivity contribution in [3.05, 3.63) is 11.8 Å². The molecular weight excluding hydrogens is 312 g/mol. The van der Waals surface area contributed by atoms with E-state index >= 15 is 0 Å². The minimum absolute atomic E-state index is 0.0414. The number of aromatic nitrogens is 1. The summed E-state index contributed by atoms with van der Waals surface area (Å²) in [6.45, 7) is 4.68. The Balaban J connectivity index is 2.14. The van der Waals surface area contributed by atoms with Crippen molar-refractivity contribution in [2.24, 2.45) is 0 Å². The molecule has 0 radical (unpaired) electrons. The molecule has 0 aliphatic heterocycles. The number of ether oxygens (including phenoxy) is 2. The van der Waals surface area contributed by atoms with Gasteiger partial charge in [-0.1, -0.05) is 5.16 Å². The molecule has 1 N–H and O–H groups in total. The van der Waals surface area contributed by atoms with Gasteiger partial charge in [0.2, 0.25) is 5.91 Å². The molecule has 8 nitrogen and oxygen atoms in total. The minimum atomic E-state index is -0.604. The predicted molar refractivity (Wildman–Crippen MR) is 79.4 cm³/mol. The van der Waals surface area contributed by atoms with Crippen molar-refractivity contribution in [3.63, 3.8) is 0 Å². The van der Waals surface area contributed by atoms with Gasteiger partial charge in [-0.3, -0.25) is 9.59 Å². The Labute approximate surface area is 131 Å². The van der Waals surface area contributed by atoms with Crippen molar-refractivity contribution < 1.29 is 28.4 Å². The number of thioether (sulfide) groups is 1. The molecular formula is C13H18N2O6S. The van der Waals surface area contributed by atoms with E-state index in [4.69, 9.17) is 14.0 Å². The highest BCUT2D eigenvalue weighted by Gasteiger charge is 2.12. The maximum absolute atomic E-state index is 11.6. The number of esters is 2. The number of anilines is 1. The summed E-state index contributed by atoms with van der Waals surface area (Å²) in [6, 6.07) is 1.58. The fourth-order valence-corrected chi connectivity index (χ4v) is 1.92. The second-order valence-corrected chi connectivity index (χ2v) is 5.55. The Morgan fingerprint density at radius 2 is 2.05 bits per heavy atom. The van der Waals surface area contributed by atoms with Crippen molar-refractivity contribution in [2.45, 2.75) is 26.9 Å². The zero-order valence-electron chi connectivity index (χ0n) is 12.6. The highest BCUT2D eigenvalue weighted by molar-refractivity contribution is 8.00. The van der Waals surface area contributed by atoms with Crippen LogP contribution in [-0.4, -0.2) is 47.2 Å². The quantitative estimate of drug-likeness (QED) is 0.707. The molecule has 1 aromatic rings. The van der Waals surface area contributed by atoms with Crippen LogP contribution in [-0.2, 0) is 23.9 Å². The lowest BCUT2D eigenvalue weighted by molar-refractivity contribution is -0.159. The summed E-state index contributed by atoms with van der Waals surface area (Å²) in [6.07, 6.45) is -0.260. The SMILES string of the molecule is Cc1cc(NC(=O)CSCC(=O)OCC(=O)OC(C)C)no1. The lowest BCUT2D eigenvalue weighted by atomic mass is 10.5. The lowest BCUT2D eigenvalue weighted by Crippen LogP contribution is -2.21. The van der Waals surface area contributed by atoms with E-state index in [1.807, 2.05) is 0 Å². The normalized spacial score (nSPS) is 10.4. The van der Waals surface area contributed by atoms with Gasteiger partial charge in [-0.25, -0.2) is 4.79 Å². The molecule has 1 amide bonds. The molecule has 0 aromatic carbocycles. The molecule has 1 heterocycles. The number of hydrogen-bond donors (Lipinski definition) is 1. The molecule has 0 atom stereocenters. The van der Waals surface area contributed by atoms with Crippen LogP contribution in [0.1, 0.15) is 19.6 Å². The molecule has 0 saturated carbocycles. The number of amides is 1. The molecule has 0 spiro atoms. The predicted octanol–water partition coefficient (Wildman–Crippen LogP) is 1.15. The first-order chi connectivity index (χ1) is 10.4. The van der Waals surface area contributed by atoms with E-state index < -0.39 is 18.5 Å². The van der Waals surface area contributed by atoms with E-state index in [1.54, 1.807) is 26.8 Å². The van der Waals surface area contributed by atoms with E-state index in [0.717, 1.165) is 11.8 Å². The summed E-state index contributed by atoms with van der Waals surface area (Å²) in [4.78, 5) is 34.1. The van der Waals surface area contributed by atoms with Gasteiger partial charge in [-0.15, -0.1) is 11.8 Å². The average molecular weight is 330 g/mol. The largest absolute Gasteiger partial charge is 0.460 e. The smallest absolute Gasteiger partial charge is 0.344 e. The van der Waals surface area contributed by atoms with E-state index in [2.05, 4.69) is 10.5 Å². The van der Waals surface area contributed by atoms with Crippen LogP contribution in [0.5, 0.6) is 0 Å². The zero-order chi connectivity index (χ0) is 16.5. The molecule has 1 aromatic heterocycles. The number of hydrogen-bond acceptors (Lipinski definition) is 8. The second kappa shape index (κ2) is 9.08. The van der Waals surface area contributed by atoms with Gasteiger partial charge in [-0.05, 0) is 20.8 Å². The van der Waals surface area contributed by atoms with Crippen LogP contribution in [0.25, 0.3) is 0 Å². The van der Waals surface area contributed by atoms with E-state index in [0.29, 0.717) is 11.6 Å². The zero-order valence-corrected chi connectivity index (χ0v) is 13.4. The minimum Gasteiger partial charge on any atom is -0.460 e. The van der Waals surface area contributed by atoms with Gasteiger partial charge in [0.15, 0.2) is 12.4 Å². The highest BCUT2D eigenvalue weighted by Crippen LogP contribution is 2.08. The van der Waals surface area contributed by atoms with Crippen LogP contribution in [0, 0.1) is 6.92 Å². The van der Waals surface area contributed by atoms with Crippen molar-refractivity contribution in [1.29, 1.82) is 0 Å². The molecule has 0 aliphatic carbocycles. The Morgan fingerprint density at radius 1 is 1.32 bits per heavy atom. The Hall–Kier alpha value is -2.03. The number of nitrogens with zero attached hydrogens (tertiary/aromatic N) is 1. The third-order valence-corrected chi connectivity index (χ3v) is 2.97. The maximum Gasteiger partial charge on any atom is 0.344 e. The first-order valence-electron chi connectivity index (χ1n) is 6.53. The third-order valence-electron chi connectivity index (χ3n) is 2.07. The Bertz CT molecular complexity index is 528. The van der Waals surface area contributed by atoms with Crippen molar-refractivity contribution in [3.8, 4) is 0 Å². The van der Waals surface area contributed by atoms with Gasteiger partial charge in [0.1, 0.15) is 5.76 Å². The monoisotopic (exact) mass is 330 g/mol. The topological polar surface area (TPSA) is 108 Å². The molecule has 122 valence electrons. The number of carbonyl (C=O) groups excluding carboxylic acids is 3. The lowest BCUT2D eigenvalue weighted by Gasteiger charge is -2.08. The number of aryl methyl sites for hydroxylation is 1. The standard InChI is InChI=1S/C13H18N2O6S/c1-8(2)20-12(17)5-19-13(18)7-22-6-11(16)14-10-4-9(3)21-15-10/h4,8H,5-7H2,1-3H3,(H,14,15,16). The van der Waals surface area contributed by atoms with Gasteiger partial charge in [0.05, 0.1) is 17.6 Å². The van der Waals surface area contributed by atoms with Gasteiger partial charge in [-0.2, -0.15) is 0 Å². The van der Waals surface area contributed by atoms with Crippen LogP contribution in [0.15, 0.2) is 10.6 Å². The van der Waals surface area contributed by atoms with Crippen LogP contribution >= 0.6 is 11.8 Å². The second-order valence-electron chi connectivity index (χ2n) is 4.56. The van der Waals surface area contributed by atoms with Crippen LogP contribution in [0.4, 0.5) is 5.82 Å². The van der Waals surface area contributed by atoms with Crippen molar-refractivity contribution >= 4 is 35.4 Å². The average Bonchev–Trinajstić information content (AvgIpc) is 2.81. The summed E-state index contributed by atoms with van der Waals surface area (Å²) in [5.74, 6) is -0.590. The number of rotatable bonds is 8. The molecule has 0 saturated heterocycles. The summed E-state index contributed by atoms with van der Waals surface area (Å²) in [5.41, 5.74) is 0. The Kier molecular flexibility index (Phi) is 7.44. The molecule has 0 bridgehead atoms. The van der Waals surface area contributed by atoms with E-state index in [-0.39, 0.29) is 23.5 Å². The van der Waals surface area contributed by atoms with Crippen LogP contribution < -0.4 is 5.32 Å². The molecule has 0 unspecified atom stereocenters. The maximum atomic E-state index is 11.6. The van der Waals surface area contributed by atoms with E-state index in [1.165, 1.54) is 0 Å². The number of carbonyl (C=O) groups is 3. The van der Waals surface area contributed by atoms with Crippen molar-refractivity contribution in [1.82, 2.24) is 5.16 Å². The number of nitrogens with one attached hydrogen (secondary N) is 1. The first kappa shape index (κ1) is 18.0. The van der Waals surface area contributed by atoms with Crippen LogP contribution in [0.3, 0.4) is 0 Å². The van der Waals surface area contributed by atoms with Gasteiger partial charge in [0.25, 0.3) is 0 Å². The van der Waals surface area contributed by atoms with Gasteiger partial charge < -0.3 is 19.3 Å². The summed E-state index contributed by atoms with van der Waals surface area (Å²) >= 11 is 1.06. The fraction of sp³-hybridized carbons (Fsp3) is 0.538. The highest BCUT2D eigenvalue weighted by atomic mass is 32.2. The molecule has 9 heteroatoms. The van der Waals surface area contributed by atoms with Crippen LogP contribution in [0.2, 0.25) is 0 Å². The fourth-order valence-electron chi connectivity index (χ4n) is 1.31. The third kappa shape index (κ3) is 7.67. The van der Waals surface area contributed by atoms with Gasteiger partial charge >= 0.3 is 11.9 Å². The van der Waals surface area contributed by atoms with Crippen molar-refractivity contribution in [2.75, 3.05) is 23.4 Å². The summed E-state index contributed by atoms with van der Waals surface area (Å²) in [5, 5.41) is 6.13. The Morgan fingerprint density at radius 3 is 2.64 bits per heavy atom. The molecule has 0 fully saturated rings. The molecule has 0 aliphatic rings. The van der Waals surface area contributed by atoms with Gasteiger partial charge in [0, 0.05) is 6.07 Å². The molecule has 1 rings (SSSR count). The summed E-state index contributed by atoms with van der Waals surface area (Å²) in [7, 11) is 0. The first-order valence-corrected chi connectivity index (χ1v) is 7.68. The molecule has 22 heavy (non-hydrogen) atoms. The van der Waals surface area contributed by atoms with E-state index in [9.17, 15) is 14.4 Å². The summed E-state index contributed by atoms with van der Waals surface area (Å²) < 4.78 is 14.3.